The van der Waals surface area contributed by atoms with Crippen molar-refractivity contribution in [1.29, 1.82) is 0 Å². The van der Waals surface area contributed by atoms with Gasteiger partial charge in [-0.05, 0) is 66.6 Å². The maximum Gasteiger partial charge on any atom is 0.258 e. The quantitative estimate of drug-likeness (QED) is 0.728. The van der Waals surface area contributed by atoms with Crippen LogP contribution in [0.1, 0.15) is 40.7 Å². The molecule has 0 saturated heterocycles. The lowest BCUT2D eigenvalue weighted by atomic mass is 9.83. The first-order chi connectivity index (χ1) is 11.2. The second-order valence-corrected chi connectivity index (χ2v) is 6.59. The molecule has 2 aromatic carbocycles. The molecule has 1 aliphatic carbocycles. The molecule has 2 aromatic rings. The fourth-order valence-electron chi connectivity index (χ4n) is 3.71. The summed E-state index contributed by atoms with van der Waals surface area (Å²) in [6.07, 6.45) is 3.93. The molecule has 0 bridgehead atoms. The lowest BCUT2D eigenvalue weighted by molar-refractivity contribution is 0.0793. The van der Waals surface area contributed by atoms with E-state index in [0.717, 1.165) is 42.8 Å². The minimum absolute atomic E-state index is 0.121. The molecule has 23 heavy (non-hydrogen) atoms. The summed E-state index contributed by atoms with van der Waals surface area (Å²) >= 11 is 6.13. The molecule has 0 N–H and O–H groups in total. The van der Waals surface area contributed by atoms with Crippen LogP contribution in [0.5, 0.6) is 0 Å². The zero-order valence-corrected chi connectivity index (χ0v) is 13.6. The summed E-state index contributed by atoms with van der Waals surface area (Å²) < 4.78 is 0. The highest BCUT2D eigenvalue weighted by Gasteiger charge is 2.29. The van der Waals surface area contributed by atoms with E-state index in [1.807, 2.05) is 41.3 Å². The molecule has 0 saturated carbocycles. The summed E-state index contributed by atoms with van der Waals surface area (Å²) in [6, 6.07) is 15.7. The topological polar surface area (TPSA) is 20.3 Å². The Kier molecular flexibility index (Phi) is 3.70. The van der Waals surface area contributed by atoms with Gasteiger partial charge in [-0.25, -0.2) is 0 Å². The highest BCUT2D eigenvalue weighted by Crippen LogP contribution is 2.40. The van der Waals surface area contributed by atoms with Gasteiger partial charge < -0.3 is 4.90 Å². The molecule has 1 aliphatic heterocycles. The number of rotatable bonds is 1. The van der Waals surface area contributed by atoms with Crippen molar-refractivity contribution in [1.82, 2.24) is 4.90 Å². The molecule has 4 rings (SSSR count). The van der Waals surface area contributed by atoms with Gasteiger partial charge in [0.05, 0.1) is 0 Å². The van der Waals surface area contributed by atoms with Gasteiger partial charge in [0.2, 0.25) is 0 Å². The Morgan fingerprint density at radius 2 is 1.83 bits per heavy atom. The van der Waals surface area contributed by atoms with Crippen LogP contribution >= 0.6 is 11.6 Å². The van der Waals surface area contributed by atoms with E-state index in [9.17, 15) is 4.79 Å². The summed E-state index contributed by atoms with van der Waals surface area (Å²) in [4.78, 5) is 14.9. The summed E-state index contributed by atoms with van der Waals surface area (Å²) in [7, 11) is 0. The van der Waals surface area contributed by atoms with Crippen LogP contribution in [-0.4, -0.2) is 17.4 Å². The standard InChI is InChI=1S/C20H18ClNO/c21-16-9-10-17-15(13-16)8-11-19-18(17)7-4-12-22(19)20(23)14-5-2-1-3-6-14/h1-3,5-6,9-10,13H,4,7-8,11-12H2. The molecule has 2 aliphatic rings. The summed E-state index contributed by atoms with van der Waals surface area (Å²) in [5, 5.41) is 0.792. The van der Waals surface area contributed by atoms with Crippen LogP contribution in [0.2, 0.25) is 5.02 Å². The second-order valence-electron chi connectivity index (χ2n) is 6.15. The first kappa shape index (κ1) is 14.5. The van der Waals surface area contributed by atoms with Crippen LogP contribution in [0.3, 0.4) is 0 Å². The molecule has 0 fully saturated rings. The van der Waals surface area contributed by atoms with Crippen LogP contribution in [0, 0.1) is 0 Å². The van der Waals surface area contributed by atoms with E-state index >= 15 is 0 Å². The highest BCUT2D eigenvalue weighted by atomic mass is 35.5. The number of aryl methyl sites for hydroxylation is 1. The number of halogens is 1. The minimum Gasteiger partial charge on any atom is -0.312 e. The number of hydrogen-bond donors (Lipinski definition) is 0. The normalized spacial score (nSPS) is 16.8. The van der Waals surface area contributed by atoms with Gasteiger partial charge in [-0.15, -0.1) is 0 Å². The molecule has 2 nitrogen and oxygen atoms in total. The Bertz CT molecular complexity index is 795. The summed E-state index contributed by atoms with van der Waals surface area (Å²) in [5.74, 6) is 0.121. The Morgan fingerprint density at radius 3 is 2.65 bits per heavy atom. The van der Waals surface area contributed by atoms with Crippen molar-refractivity contribution in [2.24, 2.45) is 0 Å². The van der Waals surface area contributed by atoms with E-state index in [-0.39, 0.29) is 5.91 Å². The van der Waals surface area contributed by atoms with Crippen LogP contribution < -0.4 is 0 Å². The van der Waals surface area contributed by atoms with Gasteiger partial charge in [0, 0.05) is 22.8 Å². The van der Waals surface area contributed by atoms with Gasteiger partial charge in [-0.2, -0.15) is 0 Å². The SMILES string of the molecule is O=C(c1ccccc1)N1CCCC2=C1CCc1cc(Cl)ccc12. The number of fused-ring (bicyclic) bond motifs is 2. The van der Waals surface area contributed by atoms with E-state index in [1.165, 1.54) is 22.4 Å². The van der Waals surface area contributed by atoms with Gasteiger partial charge in [0.15, 0.2) is 0 Å². The maximum absolute atomic E-state index is 12.9. The molecule has 3 heteroatoms. The molecule has 0 radical (unpaired) electrons. The van der Waals surface area contributed by atoms with E-state index in [2.05, 4.69) is 12.1 Å². The number of carbonyl (C=O) groups is 1. The molecule has 1 heterocycles. The smallest absolute Gasteiger partial charge is 0.258 e. The van der Waals surface area contributed by atoms with Gasteiger partial charge >= 0.3 is 0 Å². The van der Waals surface area contributed by atoms with Crippen LogP contribution in [0.4, 0.5) is 0 Å². The van der Waals surface area contributed by atoms with Crippen molar-refractivity contribution >= 4 is 23.1 Å². The van der Waals surface area contributed by atoms with Crippen molar-refractivity contribution in [2.45, 2.75) is 25.7 Å². The maximum atomic E-state index is 12.9. The van der Waals surface area contributed by atoms with Crippen molar-refractivity contribution in [2.75, 3.05) is 6.54 Å². The van der Waals surface area contributed by atoms with Crippen molar-refractivity contribution in [3.8, 4) is 0 Å². The highest BCUT2D eigenvalue weighted by molar-refractivity contribution is 6.30. The Labute approximate surface area is 141 Å². The molecule has 0 aromatic heterocycles. The molecule has 0 spiro atoms. The summed E-state index contributed by atoms with van der Waals surface area (Å²) in [6.45, 7) is 0.815. The van der Waals surface area contributed by atoms with E-state index in [0.29, 0.717) is 0 Å². The predicted molar refractivity (Wildman–Crippen MR) is 93.4 cm³/mol. The molecular formula is C20H18ClNO. The number of hydrogen-bond acceptors (Lipinski definition) is 1. The minimum atomic E-state index is 0.121. The fraction of sp³-hybridized carbons (Fsp3) is 0.250. The first-order valence-electron chi connectivity index (χ1n) is 8.12. The van der Waals surface area contributed by atoms with Gasteiger partial charge in [-0.3, -0.25) is 4.79 Å². The molecule has 0 unspecified atom stereocenters. The van der Waals surface area contributed by atoms with E-state index in [1.54, 1.807) is 0 Å². The van der Waals surface area contributed by atoms with E-state index < -0.39 is 0 Å². The van der Waals surface area contributed by atoms with Gasteiger partial charge in [0.25, 0.3) is 5.91 Å². The van der Waals surface area contributed by atoms with Gasteiger partial charge in [-0.1, -0.05) is 35.9 Å². The third kappa shape index (κ3) is 2.57. The Morgan fingerprint density at radius 1 is 1.00 bits per heavy atom. The van der Waals surface area contributed by atoms with Crippen molar-refractivity contribution in [3.63, 3.8) is 0 Å². The van der Waals surface area contributed by atoms with Crippen LogP contribution in [-0.2, 0) is 6.42 Å². The number of allylic oxidation sites excluding steroid dienone is 2. The number of carbonyl (C=O) groups excluding carboxylic acids is 1. The number of amides is 1. The lowest BCUT2D eigenvalue weighted by Gasteiger charge is -2.36. The van der Waals surface area contributed by atoms with Gasteiger partial charge in [0.1, 0.15) is 0 Å². The van der Waals surface area contributed by atoms with Crippen molar-refractivity contribution in [3.05, 3.63) is 75.9 Å². The third-order valence-electron chi connectivity index (χ3n) is 4.77. The van der Waals surface area contributed by atoms with Crippen LogP contribution in [0.15, 0.2) is 54.2 Å². The molecule has 1 amide bonds. The largest absolute Gasteiger partial charge is 0.312 e. The predicted octanol–water partition coefficient (Wildman–Crippen LogP) is 4.93. The summed E-state index contributed by atoms with van der Waals surface area (Å²) in [5.41, 5.74) is 5.90. The second kappa shape index (κ2) is 5.86. The average molecular weight is 324 g/mol. The number of benzene rings is 2. The molecule has 116 valence electrons. The molecular weight excluding hydrogens is 306 g/mol. The lowest BCUT2D eigenvalue weighted by Crippen LogP contribution is -2.36. The Balaban J connectivity index is 1.75. The monoisotopic (exact) mass is 323 g/mol. The Hall–Kier alpha value is -2.06. The van der Waals surface area contributed by atoms with E-state index in [4.69, 9.17) is 11.6 Å². The zero-order chi connectivity index (χ0) is 15.8. The first-order valence-corrected chi connectivity index (χ1v) is 8.49. The fourth-order valence-corrected chi connectivity index (χ4v) is 3.90. The number of nitrogens with zero attached hydrogens (tertiary/aromatic N) is 1. The molecule has 0 atom stereocenters. The third-order valence-corrected chi connectivity index (χ3v) is 5.01. The zero-order valence-electron chi connectivity index (χ0n) is 12.9. The van der Waals surface area contributed by atoms with Crippen LogP contribution in [0.25, 0.3) is 5.57 Å². The van der Waals surface area contributed by atoms with Crippen molar-refractivity contribution < 1.29 is 4.79 Å². The average Bonchev–Trinajstić information content (AvgIpc) is 2.61.